The Morgan fingerprint density at radius 2 is 1.43 bits per heavy atom. The summed E-state index contributed by atoms with van der Waals surface area (Å²) in [6.07, 6.45) is 0. The zero-order valence-electron chi connectivity index (χ0n) is 11.8. The first-order valence-electron chi connectivity index (χ1n) is 6.47. The van der Waals surface area contributed by atoms with Crippen LogP contribution in [-0.4, -0.2) is 34.2 Å². The molecule has 0 bridgehead atoms. The van der Waals surface area contributed by atoms with Crippen molar-refractivity contribution in [3.63, 3.8) is 0 Å². The minimum atomic E-state index is -4.14. The van der Waals surface area contributed by atoms with Gasteiger partial charge in [0.25, 0.3) is 0 Å². The number of benzene rings is 2. The molecule has 0 saturated heterocycles. The molecule has 0 heterocycles. The van der Waals surface area contributed by atoms with E-state index in [1.807, 2.05) is 32.9 Å². The maximum atomic E-state index is 12.6. The van der Waals surface area contributed by atoms with E-state index in [0.29, 0.717) is 10.9 Å². The molecule has 0 aromatic heterocycles. The summed E-state index contributed by atoms with van der Waals surface area (Å²) in [7, 11) is -4.14. The Bertz CT molecular complexity index is 631. The van der Waals surface area contributed by atoms with Crippen LogP contribution in [0.1, 0.15) is 27.0 Å². The van der Waals surface area contributed by atoms with Gasteiger partial charge in [0.2, 0.25) is 0 Å². The maximum absolute atomic E-state index is 12.6. The van der Waals surface area contributed by atoms with Gasteiger partial charge in [-0.05, 0) is 0 Å². The van der Waals surface area contributed by atoms with Crippen LogP contribution in [0.4, 0.5) is 0 Å². The predicted molar refractivity (Wildman–Crippen MR) is 91.0 cm³/mol. The second-order valence-electron chi connectivity index (χ2n) is 5.14. The van der Waals surface area contributed by atoms with Crippen molar-refractivity contribution in [2.24, 2.45) is 0 Å². The molecule has 2 aromatic carbocycles. The minimum absolute atomic E-state index is 0. The van der Waals surface area contributed by atoms with Crippen LogP contribution in [0.3, 0.4) is 0 Å². The molecule has 0 radical (unpaired) electrons. The molecule has 0 atom stereocenters. The van der Waals surface area contributed by atoms with Crippen LogP contribution >= 0.6 is 7.72 Å². The number of carbonyl (C=O) groups excluding carboxylic acids is 1. The molecule has 0 unspecified atom stereocenters. The zero-order valence-corrected chi connectivity index (χ0v) is 12.8. The van der Waals surface area contributed by atoms with E-state index in [1.165, 1.54) is 0 Å². The molecule has 0 fully saturated rings. The van der Waals surface area contributed by atoms with Crippen molar-refractivity contribution in [3.8, 4) is 0 Å². The molecule has 2 rings (SSSR count). The van der Waals surface area contributed by atoms with Gasteiger partial charge in [0, 0.05) is 0 Å². The van der Waals surface area contributed by atoms with Gasteiger partial charge in [0.15, 0.2) is 0 Å². The van der Waals surface area contributed by atoms with Crippen molar-refractivity contribution < 1.29 is 14.6 Å². The molecule has 0 spiro atoms. The quantitative estimate of drug-likeness (QED) is 0.673. The Morgan fingerprint density at radius 3 is 1.90 bits per heavy atom. The van der Waals surface area contributed by atoms with Gasteiger partial charge in [0.05, 0.1) is 0 Å². The van der Waals surface area contributed by atoms with Crippen molar-refractivity contribution >= 4 is 37.4 Å². The number of aryl methyl sites for hydroxylation is 3. The number of rotatable bonds is 3. The monoisotopic (exact) mass is 298 g/mol. The number of hydrogen-bond acceptors (Lipinski definition) is 3. The van der Waals surface area contributed by atoms with Gasteiger partial charge in [0.1, 0.15) is 0 Å². The number of hydrogen-bond donors (Lipinski definition) is 2. The second kappa shape index (κ2) is 6.88. The number of carbonyl (C=O) groups is 1. The van der Waals surface area contributed by atoms with E-state index in [-0.39, 0.29) is 18.9 Å². The summed E-state index contributed by atoms with van der Waals surface area (Å²) in [5.41, 5.74) is 2.49. The summed E-state index contributed by atoms with van der Waals surface area (Å²) in [6.45, 7) is 5.60. The molecule has 2 N–H and O–H groups in total. The summed E-state index contributed by atoms with van der Waals surface area (Å²) >= 11 is 0. The third kappa shape index (κ3) is 3.63. The molecule has 0 aliphatic heterocycles. The molecule has 108 valence electrons. The summed E-state index contributed by atoms with van der Waals surface area (Å²) in [4.78, 5) is 33.3. The van der Waals surface area contributed by atoms with Gasteiger partial charge in [-0.1, -0.05) is 0 Å². The van der Waals surface area contributed by atoms with Crippen LogP contribution < -0.4 is 5.30 Å². The molecule has 0 aliphatic rings. The first kappa shape index (κ1) is 18.1. The van der Waals surface area contributed by atoms with Gasteiger partial charge in [-0.3, -0.25) is 0 Å². The molecule has 2 aromatic rings. The van der Waals surface area contributed by atoms with Crippen molar-refractivity contribution in [2.45, 2.75) is 20.8 Å². The van der Waals surface area contributed by atoms with Gasteiger partial charge >= 0.3 is 137 Å². The van der Waals surface area contributed by atoms with Crippen LogP contribution in [0.5, 0.6) is 0 Å². The van der Waals surface area contributed by atoms with Crippen LogP contribution in [0.2, 0.25) is 0 Å². The predicted octanol–water partition coefficient (Wildman–Crippen LogP) is 1.99. The Morgan fingerprint density at radius 1 is 0.952 bits per heavy atom. The Balaban J connectivity index is 0.00000220. The fraction of sp³-hybridized carbons (Fsp3) is 0.188. The fourth-order valence-electron chi connectivity index (χ4n) is 2.51. The molecule has 3 nitrogen and oxygen atoms in total. The Hall–Kier alpha value is -0.943. The summed E-state index contributed by atoms with van der Waals surface area (Å²) in [6, 6.07) is 12.1. The first-order valence-corrected chi connectivity index (χ1v) is 8.36. The van der Waals surface area contributed by atoms with Crippen molar-refractivity contribution in [2.75, 3.05) is 0 Å². The Kier molecular flexibility index (Phi) is 5.93. The van der Waals surface area contributed by atoms with Gasteiger partial charge in [-0.2, -0.15) is 0 Å². The zero-order chi connectivity index (χ0) is 14.9. The molecule has 21 heavy (non-hydrogen) atoms. The van der Waals surface area contributed by atoms with Crippen LogP contribution in [0.15, 0.2) is 42.5 Å². The van der Waals surface area contributed by atoms with Gasteiger partial charge < -0.3 is 0 Å². The summed E-state index contributed by atoms with van der Waals surface area (Å²) in [5.74, 6) is 0. The summed E-state index contributed by atoms with van der Waals surface area (Å²) in [5, 5.41) is 0.310. The van der Waals surface area contributed by atoms with E-state index in [2.05, 4.69) is 0 Å². The Labute approximate surface area is 137 Å². The molecular formula is C16H20LiO3P. The third-order valence-corrected chi connectivity index (χ3v) is 5.42. The standard InChI is InChI=1S/C16H19O3P.Li.H/c1-11-9-12(2)15(13(3)10-11)16(17)20(18,19)14-7-5-4-6-8-14;;/h4-10,18-20H,1-3H3;;. The third-order valence-electron chi connectivity index (χ3n) is 3.40. The average Bonchev–Trinajstić information content (AvgIpc) is 2.38. The molecular weight excluding hydrogens is 278 g/mol. The molecule has 5 heteroatoms. The second-order valence-corrected chi connectivity index (χ2v) is 7.52. The van der Waals surface area contributed by atoms with Crippen molar-refractivity contribution in [1.82, 2.24) is 0 Å². The van der Waals surface area contributed by atoms with Crippen LogP contribution in [-0.2, 0) is 0 Å². The first-order chi connectivity index (χ1) is 9.34. The average molecular weight is 298 g/mol. The van der Waals surface area contributed by atoms with Gasteiger partial charge in [-0.25, -0.2) is 0 Å². The SMILES string of the molecule is Cc1cc(C)c(C(=O)[PH](O)(O)c2ccccc2)c(C)c1.[LiH]. The van der Waals surface area contributed by atoms with Gasteiger partial charge in [-0.15, -0.1) is 0 Å². The van der Waals surface area contributed by atoms with E-state index in [4.69, 9.17) is 0 Å². The van der Waals surface area contributed by atoms with E-state index in [1.54, 1.807) is 30.3 Å². The summed E-state index contributed by atoms with van der Waals surface area (Å²) < 4.78 is 0. The van der Waals surface area contributed by atoms with Crippen LogP contribution in [0.25, 0.3) is 0 Å². The van der Waals surface area contributed by atoms with E-state index < -0.39 is 13.2 Å². The molecule has 0 aliphatic carbocycles. The van der Waals surface area contributed by atoms with E-state index in [9.17, 15) is 14.6 Å². The van der Waals surface area contributed by atoms with Crippen molar-refractivity contribution in [1.29, 1.82) is 0 Å². The molecule has 0 saturated carbocycles. The normalized spacial score (nSPS) is 11.7. The topological polar surface area (TPSA) is 57.5 Å². The molecule has 0 amide bonds. The van der Waals surface area contributed by atoms with E-state index >= 15 is 0 Å². The van der Waals surface area contributed by atoms with E-state index in [0.717, 1.165) is 16.7 Å². The van der Waals surface area contributed by atoms with Crippen LogP contribution in [0, 0.1) is 20.8 Å². The fourth-order valence-corrected chi connectivity index (χ4v) is 4.18. The van der Waals surface area contributed by atoms with Crippen molar-refractivity contribution in [3.05, 3.63) is 64.7 Å².